The molecule has 1 aromatic carbocycles. The fourth-order valence-electron chi connectivity index (χ4n) is 1.78. The summed E-state index contributed by atoms with van der Waals surface area (Å²) in [7, 11) is 0. The molecule has 0 saturated carbocycles. The topological polar surface area (TPSA) is 34.4 Å². The number of hydrogen-bond acceptors (Lipinski definition) is 3. The maximum Gasteiger partial charge on any atom is 0.120 e. The van der Waals surface area contributed by atoms with E-state index in [0.717, 1.165) is 29.1 Å². The van der Waals surface area contributed by atoms with E-state index in [1.54, 1.807) is 6.26 Å². The second-order valence-electron chi connectivity index (χ2n) is 4.55. The van der Waals surface area contributed by atoms with Crippen LogP contribution in [0.4, 0.5) is 0 Å². The molecule has 0 fully saturated rings. The zero-order chi connectivity index (χ0) is 13.7. The van der Waals surface area contributed by atoms with Crippen LogP contribution in [0.1, 0.15) is 18.2 Å². The number of rotatable bonds is 6. The van der Waals surface area contributed by atoms with E-state index >= 15 is 0 Å². The molecule has 3 nitrogen and oxygen atoms in total. The molecule has 0 spiro atoms. The Balaban J connectivity index is 1.77. The van der Waals surface area contributed by atoms with Gasteiger partial charge in [0.1, 0.15) is 17.6 Å². The molecule has 2 aromatic rings. The normalized spacial score (nSPS) is 12.4. The first kappa shape index (κ1) is 14.2. The van der Waals surface area contributed by atoms with Crippen LogP contribution in [0.15, 0.2) is 45.5 Å². The van der Waals surface area contributed by atoms with Gasteiger partial charge in [0.05, 0.1) is 12.8 Å². The van der Waals surface area contributed by atoms with Gasteiger partial charge in [-0.05, 0) is 49.7 Å². The molecule has 1 aromatic heterocycles. The molecule has 102 valence electrons. The van der Waals surface area contributed by atoms with Crippen LogP contribution in [0.25, 0.3) is 0 Å². The summed E-state index contributed by atoms with van der Waals surface area (Å²) < 4.78 is 12.2. The summed E-state index contributed by atoms with van der Waals surface area (Å²) in [6.07, 6.45) is 1.79. The molecule has 0 bridgehead atoms. The average molecular weight is 324 g/mol. The first-order valence-corrected chi connectivity index (χ1v) is 7.10. The predicted molar refractivity (Wildman–Crippen MR) is 79.4 cm³/mol. The van der Waals surface area contributed by atoms with E-state index < -0.39 is 0 Å². The van der Waals surface area contributed by atoms with Gasteiger partial charge < -0.3 is 14.5 Å². The van der Waals surface area contributed by atoms with Gasteiger partial charge in [0, 0.05) is 11.0 Å². The summed E-state index contributed by atoms with van der Waals surface area (Å²) in [5.41, 5.74) is 1.17. The quantitative estimate of drug-likeness (QED) is 0.875. The number of aryl methyl sites for hydroxylation is 1. The van der Waals surface area contributed by atoms with Crippen molar-refractivity contribution in [2.75, 3.05) is 6.54 Å². The molecule has 0 amide bonds. The van der Waals surface area contributed by atoms with Crippen molar-refractivity contribution < 1.29 is 9.15 Å². The smallest absolute Gasteiger partial charge is 0.120 e. The minimum absolute atomic E-state index is 0.107. The lowest BCUT2D eigenvalue weighted by atomic mass is 10.2. The second-order valence-corrected chi connectivity index (χ2v) is 5.40. The fourth-order valence-corrected chi connectivity index (χ4v) is 2.02. The van der Waals surface area contributed by atoms with Gasteiger partial charge in [0.25, 0.3) is 0 Å². The molecule has 1 unspecified atom stereocenters. The van der Waals surface area contributed by atoms with Gasteiger partial charge in [0.15, 0.2) is 0 Å². The predicted octanol–water partition coefficient (Wildman–Crippen LogP) is 3.91. The molecular weight excluding hydrogens is 306 g/mol. The molecule has 0 saturated heterocycles. The molecule has 2 rings (SSSR count). The Morgan fingerprint density at radius 3 is 2.89 bits per heavy atom. The van der Waals surface area contributed by atoms with E-state index in [4.69, 9.17) is 9.15 Å². The Hall–Kier alpha value is -1.26. The number of benzene rings is 1. The third-order valence-corrected chi connectivity index (χ3v) is 3.67. The highest BCUT2D eigenvalue weighted by Gasteiger charge is 2.05. The van der Waals surface area contributed by atoms with E-state index in [1.165, 1.54) is 5.56 Å². The maximum atomic E-state index is 5.86. The molecule has 0 aliphatic heterocycles. The van der Waals surface area contributed by atoms with Crippen LogP contribution in [-0.2, 0) is 6.54 Å². The van der Waals surface area contributed by atoms with Crippen LogP contribution < -0.4 is 10.1 Å². The Morgan fingerprint density at radius 1 is 1.37 bits per heavy atom. The van der Waals surface area contributed by atoms with E-state index in [1.807, 2.05) is 37.3 Å². The van der Waals surface area contributed by atoms with Gasteiger partial charge in [-0.15, -0.1) is 0 Å². The monoisotopic (exact) mass is 323 g/mol. The number of nitrogens with one attached hydrogen (secondary N) is 1. The van der Waals surface area contributed by atoms with Crippen molar-refractivity contribution in [3.8, 4) is 5.75 Å². The van der Waals surface area contributed by atoms with Gasteiger partial charge in [-0.25, -0.2) is 0 Å². The largest absolute Gasteiger partial charge is 0.489 e. The van der Waals surface area contributed by atoms with Gasteiger partial charge in [-0.1, -0.05) is 15.9 Å². The van der Waals surface area contributed by atoms with Gasteiger partial charge in [-0.3, -0.25) is 0 Å². The van der Waals surface area contributed by atoms with Crippen LogP contribution in [-0.4, -0.2) is 12.6 Å². The molecule has 1 N–H and O–H groups in total. The van der Waals surface area contributed by atoms with Crippen molar-refractivity contribution in [2.24, 2.45) is 0 Å². The maximum absolute atomic E-state index is 5.86. The summed E-state index contributed by atoms with van der Waals surface area (Å²) >= 11 is 3.48. The Kier molecular flexibility index (Phi) is 5.05. The van der Waals surface area contributed by atoms with Crippen LogP contribution in [0.2, 0.25) is 0 Å². The van der Waals surface area contributed by atoms with Crippen molar-refractivity contribution in [1.29, 1.82) is 0 Å². The zero-order valence-corrected chi connectivity index (χ0v) is 12.7. The standard InChI is InChI=1S/C15H18BrNO2/c1-11-8-13(5-6-15(11)16)19-12(2)9-17-10-14-4-3-7-18-14/h3-8,12,17H,9-10H2,1-2H3. The van der Waals surface area contributed by atoms with Crippen LogP contribution >= 0.6 is 15.9 Å². The summed E-state index contributed by atoms with van der Waals surface area (Å²) in [6, 6.07) is 9.86. The summed E-state index contributed by atoms with van der Waals surface area (Å²) in [5, 5.41) is 3.31. The third kappa shape index (κ3) is 4.40. The highest BCUT2D eigenvalue weighted by Crippen LogP contribution is 2.22. The molecule has 19 heavy (non-hydrogen) atoms. The lowest BCUT2D eigenvalue weighted by Gasteiger charge is -2.15. The van der Waals surface area contributed by atoms with Crippen LogP contribution in [0.3, 0.4) is 0 Å². The summed E-state index contributed by atoms with van der Waals surface area (Å²) in [6.45, 7) is 5.60. The van der Waals surface area contributed by atoms with Crippen molar-refractivity contribution in [3.05, 3.63) is 52.4 Å². The zero-order valence-electron chi connectivity index (χ0n) is 11.2. The SMILES string of the molecule is Cc1cc(OC(C)CNCc2ccco2)ccc1Br. The summed E-state index contributed by atoms with van der Waals surface area (Å²) in [4.78, 5) is 0. The highest BCUT2D eigenvalue weighted by molar-refractivity contribution is 9.10. The Morgan fingerprint density at radius 2 is 2.21 bits per heavy atom. The van der Waals surface area contributed by atoms with Crippen molar-refractivity contribution in [2.45, 2.75) is 26.5 Å². The van der Waals surface area contributed by atoms with Gasteiger partial charge in [-0.2, -0.15) is 0 Å². The molecule has 0 radical (unpaired) electrons. The van der Waals surface area contributed by atoms with Crippen molar-refractivity contribution in [3.63, 3.8) is 0 Å². The number of hydrogen-bond donors (Lipinski definition) is 1. The molecule has 1 atom stereocenters. The van der Waals surface area contributed by atoms with Gasteiger partial charge >= 0.3 is 0 Å². The lowest BCUT2D eigenvalue weighted by molar-refractivity contribution is 0.215. The van der Waals surface area contributed by atoms with E-state index in [2.05, 4.69) is 28.2 Å². The average Bonchev–Trinajstić information content (AvgIpc) is 2.87. The van der Waals surface area contributed by atoms with Crippen molar-refractivity contribution in [1.82, 2.24) is 5.32 Å². The molecule has 1 heterocycles. The van der Waals surface area contributed by atoms with Crippen LogP contribution in [0.5, 0.6) is 5.75 Å². The van der Waals surface area contributed by atoms with E-state index in [0.29, 0.717) is 0 Å². The molecule has 0 aliphatic rings. The Bertz CT molecular complexity index is 511. The number of ether oxygens (including phenoxy) is 1. The third-order valence-electron chi connectivity index (χ3n) is 2.78. The van der Waals surface area contributed by atoms with E-state index in [9.17, 15) is 0 Å². The van der Waals surface area contributed by atoms with Crippen LogP contribution in [0, 0.1) is 6.92 Å². The minimum atomic E-state index is 0.107. The highest BCUT2D eigenvalue weighted by atomic mass is 79.9. The molecular formula is C15H18BrNO2. The second kappa shape index (κ2) is 6.78. The number of furan rings is 1. The van der Waals surface area contributed by atoms with E-state index in [-0.39, 0.29) is 6.10 Å². The first-order chi connectivity index (χ1) is 9.15. The number of halogens is 1. The molecule has 4 heteroatoms. The van der Waals surface area contributed by atoms with Crippen molar-refractivity contribution >= 4 is 15.9 Å². The Labute approximate surface area is 122 Å². The fraction of sp³-hybridized carbons (Fsp3) is 0.333. The first-order valence-electron chi connectivity index (χ1n) is 6.31. The molecule has 0 aliphatic carbocycles. The minimum Gasteiger partial charge on any atom is -0.489 e. The van der Waals surface area contributed by atoms with Gasteiger partial charge in [0.2, 0.25) is 0 Å². The lowest BCUT2D eigenvalue weighted by Crippen LogP contribution is -2.28. The summed E-state index contributed by atoms with van der Waals surface area (Å²) in [5.74, 6) is 1.83.